The molecule has 58 valence electrons. The van der Waals surface area contributed by atoms with E-state index in [0.717, 1.165) is 0 Å². The molecule has 1 atom stereocenters. The van der Waals surface area contributed by atoms with Crippen molar-refractivity contribution < 1.29 is 15.0 Å². The number of aliphatic carboxylic acids is 1. The lowest BCUT2D eigenvalue weighted by Gasteiger charge is -2.02. The maximum absolute atomic E-state index is 10.2. The van der Waals surface area contributed by atoms with Gasteiger partial charge in [-0.25, -0.2) is 0 Å². The summed E-state index contributed by atoms with van der Waals surface area (Å²) < 4.78 is 0. The Hall–Kier alpha value is -0.990. The van der Waals surface area contributed by atoms with Crippen LogP contribution in [0, 0.1) is 5.92 Å². The average molecular weight is 144 g/mol. The highest BCUT2D eigenvalue weighted by atomic mass is 16.4. The topological polar surface area (TPSA) is 57.5 Å². The monoisotopic (exact) mass is 144 g/mol. The van der Waals surface area contributed by atoms with E-state index in [1.807, 2.05) is 6.92 Å². The van der Waals surface area contributed by atoms with Gasteiger partial charge < -0.3 is 10.2 Å². The van der Waals surface area contributed by atoms with E-state index in [4.69, 9.17) is 10.2 Å². The second-order valence-corrected chi connectivity index (χ2v) is 2.10. The van der Waals surface area contributed by atoms with Gasteiger partial charge >= 0.3 is 5.97 Å². The van der Waals surface area contributed by atoms with Crippen molar-refractivity contribution in [1.29, 1.82) is 0 Å². The molecule has 0 aliphatic rings. The number of carbonyl (C=O) groups is 1. The molecule has 3 heteroatoms. The first kappa shape index (κ1) is 9.01. The van der Waals surface area contributed by atoms with E-state index in [-0.39, 0.29) is 5.76 Å². The molecule has 1 unspecified atom stereocenters. The molecule has 2 N–H and O–H groups in total. The predicted octanol–water partition coefficient (Wildman–Crippen LogP) is 1.56. The molecule has 0 amide bonds. The summed E-state index contributed by atoms with van der Waals surface area (Å²) in [5, 5.41) is 17.3. The van der Waals surface area contributed by atoms with Gasteiger partial charge in [-0.2, -0.15) is 0 Å². The zero-order valence-corrected chi connectivity index (χ0v) is 6.16. The fourth-order valence-corrected chi connectivity index (χ4v) is 0.512. The van der Waals surface area contributed by atoms with Gasteiger partial charge in [-0.15, -0.1) is 0 Å². The fraction of sp³-hybridized carbons (Fsp3) is 0.571. The molecule has 0 rings (SSSR count). The third-order valence-electron chi connectivity index (χ3n) is 1.23. The van der Waals surface area contributed by atoms with Crippen LogP contribution >= 0.6 is 0 Å². The summed E-state index contributed by atoms with van der Waals surface area (Å²) in [5.74, 6) is -1.84. The predicted molar refractivity (Wildman–Crippen MR) is 37.8 cm³/mol. The van der Waals surface area contributed by atoms with Gasteiger partial charge in [-0.05, 0) is 19.4 Å². The Morgan fingerprint density at radius 1 is 1.60 bits per heavy atom. The van der Waals surface area contributed by atoms with Crippen molar-refractivity contribution in [1.82, 2.24) is 0 Å². The molecule has 0 aromatic heterocycles. The molecule has 0 aromatic carbocycles. The molecule has 0 aliphatic heterocycles. The lowest BCUT2D eigenvalue weighted by atomic mass is 10.1. The highest BCUT2D eigenvalue weighted by Gasteiger charge is 2.14. The Labute approximate surface area is 60.0 Å². The van der Waals surface area contributed by atoms with Gasteiger partial charge in [0, 0.05) is 0 Å². The Balaban J connectivity index is 4.06. The minimum absolute atomic E-state index is 0.0602. The zero-order valence-electron chi connectivity index (χ0n) is 6.16. The maximum atomic E-state index is 10.2. The van der Waals surface area contributed by atoms with E-state index in [9.17, 15) is 4.79 Å². The smallest absolute Gasteiger partial charge is 0.313 e. The fourth-order valence-electron chi connectivity index (χ4n) is 0.512. The molecule has 0 aliphatic carbocycles. The number of rotatable bonds is 3. The maximum Gasteiger partial charge on any atom is 0.313 e. The SMILES string of the molecule is CCC=C(O)C(C)C(=O)O. The van der Waals surface area contributed by atoms with Crippen molar-refractivity contribution in [2.45, 2.75) is 20.3 Å². The largest absolute Gasteiger partial charge is 0.512 e. The van der Waals surface area contributed by atoms with Crippen LogP contribution in [0.3, 0.4) is 0 Å². The Bertz CT molecular complexity index is 149. The number of aliphatic hydroxyl groups excluding tert-OH is 1. The third kappa shape index (κ3) is 2.53. The highest BCUT2D eigenvalue weighted by Crippen LogP contribution is 2.06. The minimum Gasteiger partial charge on any atom is -0.512 e. The number of carboxylic acids is 1. The third-order valence-corrected chi connectivity index (χ3v) is 1.23. The van der Waals surface area contributed by atoms with Gasteiger partial charge in [0.1, 0.15) is 11.7 Å². The van der Waals surface area contributed by atoms with E-state index in [0.29, 0.717) is 6.42 Å². The van der Waals surface area contributed by atoms with Crippen LogP contribution in [0.25, 0.3) is 0 Å². The molecule has 0 radical (unpaired) electrons. The number of hydrogen-bond acceptors (Lipinski definition) is 2. The van der Waals surface area contributed by atoms with Crippen molar-refractivity contribution in [2.75, 3.05) is 0 Å². The number of carboxylic acid groups (broad SMARTS) is 1. The number of hydrogen-bond donors (Lipinski definition) is 2. The molecule has 0 saturated heterocycles. The van der Waals surface area contributed by atoms with E-state index >= 15 is 0 Å². The second-order valence-electron chi connectivity index (χ2n) is 2.10. The molecular formula is C7H12O3. The van der Waals surface area contributed by atoms with E-state index < -0.39 is 11.9 Å². The van der Waals surface area contributed by atoms with Gasteiger partial charge in [0.05, 0.1) is 0 Å². The zero-order chi connectivity index (χ0) is 8.15. The van der Waals surface area contributed by atoms with Crippen molar-refractivity contribution >= 4 is 5.97 Å². The number of aliphatic hydroxyl groups is 1. The van der Waals surface area contributed by atoms with Crippen molar-refractivity contribution in [3.05, 3.63) is 11.8 Å². The van der Waals surface area contributed by atoms with Gasteiger partial charge in [0.25, 0.3) is 0 Å². The quantitative estimate of drug-likeness (QED) is 0.591. The first-order valence-corrected chi connectivity index (χ1v) is 3.21. The Morgan fingerprint density at radius 3 is 2.40 bits per heavy atom. The van der Waals surface area contributed by atoms with Crippen molar-refractivity contribution in [3.8, 4) is 0 Å². The summed E-state index contributed by atoms with van der Waals surface area (Å²) in [7, 11) is 0. The van der Waals surface area contributed by atoms with Gasteiger partial charge in [0.2, 0.25) is 0 Å². The summed E-state index contributed by atoms with van der Waals surface area (Å²) in [6.45, 7) is 3.29. The van der Waals surface area contributed by atoms with Crippen LogP contribution in [0.2, 0.25) is 0 Å². The van der Waals surface area contributed by atoms with Crippen LogP contribution in [0.15, 0.2) is 11.8 Å². The molecule has 10 heavy (non-hydrogen) atoms. The lowest BCUT2D eigenvalue weighted by Crippen LogP contribution is -2.11. The second kappa shape index (κ2) is 3.93. The molecule has 0 bridgehead atoms. The summed E-state index contributed by atoms with van der Waals surface area (Å²) in [4.78, 5) is 10.2. The Kier molecular flexibility index (Phi) is 3.54. The standard InChI is InChI=1S/C7H12O3/c1-3-4-6(8)5(2)7(9)10/h4-5,8H,3H2,1-2H3,(H,9,10). The van der Waals surface area contributed by atoms with Crippen LogP contribution in [-0.2, 0) is 4.79 Å². The number of allylic oxidation sites excluding steroid dienone is 1. The Morgan fingerprint density at radius 2 is 2.10 bits per heavy atom. The summed E-state index contributed by atoms with van der Waals surface area (Å²) in [6, 6.07) is 0. The van der Waals surface area contributed by atoms with Crippen molar-refractivity contribution in [2.24, 2.45) is 5.92 Å². The van der Waals surface area contributed by atoms with Crippen molar-refractivity contribution in [3.63, 3.8) is 0 Å². The lowest BCUT2D eigenvalue weighted by molar-refractivity contribution is -0.140. The van der Waals surface area contributed by atoms with Gasteiger partial charge in [-0.3, -0.25) is 4.79 Å². The first-order valence-electron chi connectivity index (χ1n) is 3.21. The molecule has 0 fully saturated rings. The van der Waals surface area contributed by atoms with E-state index in [1.54, 1.807) is 0 Å². The van der Waals surface area contributed by atoms with Crippen LogP contribution in [0.5, 0.6) is 0 Å². The average Bonchev–Trinajstić information content (AvgIpc) is 1.87. The minimum atomic E-state index is -0.998. The van der Waals surface area contributed by atoms with E-state index in [1.165, 1.54) is 13.0 Å². The van der Waals surface area contributed by atoms with Crippen LogP contribution < -0.4 is 0 Å². The normalized spacial score (nSPS) is 14.8. The molecule has 3 nitrogen and oxygen atoms in total. The van der Waals surface area contributed by atoms with Gasteiger partial charge in [0.15, 0.2) is 0 Å². The molecule has 0 aromatic rings. The molecule has 0 heterocycles. The van der Waals surface area contributed by atoms with Gasteiger partial charge in [-0.1, -0.05) is 6.92 Å². The molecule has 0 saturated carbocycles. The van der Waals surface area contributed by atoms with Crippen LogP contribution in [-0.4, -0.2) is 16.2 Å². The van der Waals surface area contributed by atoms with Crippen LogP contribution in [0.4, 0.5) is 0 Å². The first-order chi connectivity index (χ1) is 4.59. The summed E-state index contributed by atoms with van der Waals surface area (Å²) in [6.07, 6.45) is 2.15. The highest BCUT2D eigenvalue weighted by molar-refractivity contribution is 5.72. The molecule has 0 spiro atoms. The molecular weight excluding hydrogens is 132 g/mol. The van der Waals surface area contributed by atoms with E-state index in [2.05, 4.69) is 0 Å². The summed E-state index contributed by atoms with van der Waals surface area (Å²) >= 11 is 0. The van der Waals surface area contributed by atoms with Crippen LogP contribution in [0.1, 0.15) is 20.3 Å². The summed E-state index contributed by atoms with van der Waals surface area (Å²) in [5.41, 5.74) is 0.